The maximum Gasteiger partial charge on any atom is 0.303 e. The van der Waals surface area contributed by atoms with Crippen LogP contribution in [-0.2, 0) is 30.3 Å². The second kappa shape index (κ2) is 13.7. The number of benzene rings is 2. The fourth-order valence-electron chi connectivity index (χ4n) is 5.96. The van der Waals surface area contributed by atoms with Crippen LogP contribution >= 0.6 is 0 Å². The van der Waals surface area contributed by atoms with E-state index in [2.05, 4.69) is 0 Å². The molecular weight excluding hydrogens is 626 g/mol. The van der Waals surface area contributed by atoms with Crippen LogP contribution in [0.15, 0.2) is 18.2 Å². The van der Waals surface area contributed by atoms with Gasteiger partial charge in [0.15, 0.2) is 17.9 Å². The molecule has 0 saturated carbocycles. The van der Waals surface area contributed by atoms with Gasteiger partial charge in [0, 0.05) is 42.0 Å². The zero-order chi connectivity index (χ0) is 35.0. The number of hydrogen-bond acceptors (Lipinski definition) is 14. The average molecular weight is 662 g/mol. The van der Waals surface area contributed by atoms with Crippen LogP contribution in [0.1, 0.15) is 81.7 Å². The highest BCUT2D eigenvalue weighted by atomic mass is 16.7. The van der Waals surface area contributed by atoms with Crippen molar-refractivity contribution in [3.05, 3.63) is 51.6 Å². The molecule has 4 unspecified atom stereocenters. The van der Waals surface area contributed by atoms with E-state index in [0.29, 0.717) is 0 Å². The second-order valence-corrected chi connectivity index (χ2v) is 11.4. The maximum atomic E-state index is 13.6. The Bertz CT molecular complexity index is 1590. The van der Waals surface area contributed by atoms with Gasteiger partial charge in [0.1, 0.15) is 29.5 Å². The van der Waals surface area contributed by atoms with Crippen LogP contribution in [0, 0.1) is 0 Å². The van der Waals surface area contributed by atoms with Gasteiger partial charge in [0.25, 0.3) is 0 Å². The third kappa shape index (κ3) is 6.69. The number of methoxy groups -OCH3 is 1. The Kier molecular flexibility index (Phi) is 10.3. The molecule has 9 N–H and O–H groups in total. The van der Waals surface area contributed by atoms with Gasteiger partial charge >= 0.3 is 11.9 Å². The molecule has 1 saturated heterocycles. The standard InChI is InChI=1S/C27H29NO11.C4H6O4/c1-10-22(31)13(28)6-17(38-10)39-15-8-27(36,16(30)9-29)7-12-19(15)26(35)21-20(24(12)33)23(32)11-4-3-5-14(37-2)18(11)25(21)34;5-3(6)1-2-4(7)8/h3-5,10,13,15,17,22,29,31,33,35-36H,6-9,28H2,1-2H3;1-2H2,(H,5,6)(H,7,8)/t10?,13?,15-,17?,22?,27-;/m0./s1. The predicted octanol–water partition coefficient (Wildman–Crippen LogP) is -0.0629. The van der Waals surface area contributed by atoms with Gasteiger partial charge in [-0.05, 0) is 13.0 Å². The van der Waals surface area contributed by atoms with Crippen LogP contribution in [-0.4, -0.2) is 109 Å². The van der Waals surface area contributed by atoms with Crippen molar-refractivity contribution in [3.63, 3.8) is 0 Å². The molecule has 1 aliphatic heterocycles. The SMILES string of the molecule is COc1cccc2c1C(=O)c1c(O)c3c(c(O)c1C2=O)C[C@@](O)(C(=O)CO)C[C@@H]3OC1CC(N)C(O)C(C)O1.O=C(O)CCC(=O)O. The van der Waals surface area contributed by atoms with E-state index in [4.69, 9.17) is 30.2 Å². The van der Waals surface area contributed by atoms with Crippen LogP contribution in [0.4, 0.5) is 0 Å². The van der Waals surface area contributed by atoms with Gasteiger partial charge < -0.3 is 55.7 Å². The number of phenols is 2. The van der Waals surface area contributed by atoms with Crippen molar-refractivity contribution in [1.82, 2.24) is 0 Å². The van der Waals surface area contributed by atoms with Crippen LogP contribution in [0.25, 0.3) is 0 Å². The summed E-state index contributed by atoms with van der Waals surface area (Å²) in [7, 11) is 1.32. The van der Waals surface area contributed by atoms with Crippen LogP contribution in [0.5, 0.6) is 17.2 Å². The lowest BCUT2D eigenvalue weighted by Crippen LogP contribution is -2.53. The largest absolute Gasteiger partial charge is 0.507 e. The summed E-state index contributed by atoms with van der Waals surface area (Å²) < 4.78 is 17.0. The summed E-state index contributed by atoms with van der Waals surface area (Å²) in [5, 5.41) is 69.5. The van der Waals surface area contributed by atoms with Gasteiger partial charge in [0.2, 0.25) is 5.78 Å². The third-order valence-electron chi connectivity index (χ3n) is 8.36. The van der Waals surface area contributed by atoms with Crippen molar-refractivity contribution < 1.29 is 73.9 Å². The Balaban J connectivity index is 0.000000555. The van der Waals surface area contributed by atoms with E-state index >= 15 is 0 Å². The number of rotatable bonds is 8. The van der Waals surface area contributed by atoms with E-state index in [-0.39, 0.29) is 47.3 Å². The minimum atomic E-state index is -2.24. The first kappa shape index (κ1) is 35.4. The molecule has 0 amide bonds. The quantitative estimate of drug-likeness (QED) is 0.147. The minimum Gasteiger partial charge on any atom is -0.507 e. The van der Waals surface area contributed by atoms with E-state index in [1.807, 2.05) is 0 Å². The summed E-state index contributed by atoms with van der Waals surface area (Å²) in [6.07, 6.45) is -5.72. The molecule has 6 atom stereocenters. The Morgan fingerprint density at radius 3 is 2.19 bits per heavy atom. The van der Waals surface area contributed by atoms with Crippen molar-refractivity contribution in [2.75, 3.05) is 13.7 Å². The van der Waals surface area contributed by atoms with E-state index in [9.17, 15) is 49.5 Å². The van der Waals surface area contributed by atoms with E-state index in [1.54, 1.807) is 6.92 Å². The molecular formula is C31H35NO15. The zero-order valence-electron chi connectivity index (χ0n) is 25.3. The summed E-state index contributed by atoms with van der Waals surface area (Å²) in [5.41, 5.74) is 2.37. The Labute approximate surface area is 266 Å². The number of carboxylic acid groups (broad SMARTS) is 2. The van der Waals surface area contributed by atoms with E-state index in [0.717, 1.165) is 0 Å². The molecule has 47 heavy (non-hydrogen) atoms. The number of aliphatic hydroxyl groups excluding tert-OH is 2. The second-order valence-electron chi connectivity index (χ2n) is 11.4. The predicted molar refractivity (Wildman–Crippen MR) is 156 cm³/mol. The first-order chi connectivity index (χ1) is 22.1. The number of carbonyl (C=O) groups is 5. The molecule has 0 radical (unpaired) electrons. The summed E-state index contributed by atoms with van der Waals surface area (Å²) in [4.78, 5) is 59.0. The lowest BCUT2D eigenvalue weighted by Gasteiger charge is -2.42. The molecule has 254 valence electrons. The number of aliphatic hydroxyl groups is 3. The van der Waals surface area contributed by atoms with Crippen molar-refractivity contribution >= 4 is 29.3 Å². The number of ether oxygens (including phenoxy) is 3. The molecule has 2 aromatic carbocycles. The van der Waals surface area contributed by atoms with Gasteiger partial charge in [-0.25, -0.2) is 0 Å². The van der Waals surface area contributed by atoms with Crippen molar-refractivity contribution in [2.45, 2.75) is 75.3 Å². The van der Waals surface area contributed by atoms with E-state index < -0.39 is 108 Å². The molecule has 16 nitrogen and oxygen atoms in total. The Morgan fingerprint density at radius 2 is 1.64 bits per heavy atom. The zero-order valence-corrected chi connectivity index (χ0v) is 25.3. The highest BCUT2D eigenvalue weighted by Crippen LogP contribution is 2.52. The topological polar surface area (TPSA) is 281 Å². The van der Waals surface area contributed by atoms with Crippen LogP contribution in [0.2, 0.25) is 0 Å². The van der Waals surface area contributed by atoms with Crippen LogP contribution in [0.3, 0.4) is 0 Å². The summed E-state index contributed by atoms with van der Waals surface area (Å²) in [6, 6.07) is 3.64. The van der Waals surface area contributed by atoms with Gasteiger partial charge in [0.05, 0.1) is 55.0 Å². The number of nitrogens with two attached hydrogens (primary N) is 1. The number of aromatic hydroxyl groups is 2. The number of fused-ring (bicyclic) bond motifs is 3. The molecule has 1 heterocycles. The number of carboxylic acids is 2. The Hall–Kier alpha value is -4.45. The lowest BCUT2D eigenvalue weighted by atomic mass is 9.72. The highest BCUT2D eigenvalue weighted by Gasteiger charge is 2.50. The molecule has 0 aromatic heterocycles. The molecule has 2 aromatic rings. The number of ketones is 3. The number of Topliss-reactive ketones (excluding diaryl/α,β-unsaturated/α-hetero) is 1. The monoisotopic (exact) mass is 661 g/mol. The normalized spacial score (nSPS) is 26.2. The van der Waals surface area contributed by atoms with Crippen molar-refractivity contribution in [1.29, 1.82) is 0 Å². The molecule has 2 aliphatic carbocycles. The number of carbonyl (C=O) groups excluding carboxylic acids is 3. The lowest BCUT2D eigenvalue weighted by molar-refractivity contribution is -0.247. The molecule has 1 fully saturated rings. The molecule has 0 bridgehead atoms. The highest BCUT2D eigenvalue weighted by molar-refractivity contribution is 6.31. The van der Waals surface area contributed by atoms with Gasteiger partial charge in [-0.2, -0.15) is 0 Å². The fourth-order valence-corrected chi connectivity index (χ4v) is 5.96. The number of hydrogen-bond donors (Lipinski definition) is 8. The number of aliphatic carboxylic acids is 2. The molecule has 5 rings (SSSR count). The molecule has 3 aliphatic rings. The fraction of sp³-hybridized carbons (Fsp3) is 0.452. The third-order valence-corrected chi connectivity index (χ3v) is 8.36. The van der Waals surface area contributed by atoms with Gasteiger partial charge in [-0.15, -0.1) is 0 Å². The first-order valence-corrected chi connectivity index (χ1v) is 14.5. The smallest absolute Gasteiger partial charge is 0.303 e. The van der Waals surface area contributed by atoms with Gasteiger partial charge in [-0.1, -0.05) is 12.1 Å². The Morgan fingerprint density at radius 1 is 1.02 bits per heavy atom. The summed E-state index contributed by atoms with van der Waals surface area (Å²) >= 11 is 0. The van der Waals surface area contributed by atoms with E-state index in [1.165, 1.54) is 25.3 Å². The summed E-state index contributed by atoms with van der Waals surface area (Å²) in [6.45, 7) is 0.560. The minimum absolute atomic E-state index is 0.0173. The average Bonchev–Trinajstić information content (AvgIpc) is 3.02. The molecule has 0 spiro atoms. The van der Waals surface area contributed by atoms with Crippen molar-refractivity contribution in [2.24, 2.45) is 5.73 Å². The van der Waals surface area contributed by atoms with Gasteiger partial charge in [-0.3, -0.25) is 24.0 Å². The maximum absolute atomic E-state index is 13.6. The van der Waals surface area contributed by atoms with Crippen molar-refractivity contribution in [3.8, 4) is 17.2 Å². The summed E-state index contributed by atoms with van der Waals surface area (Å²) in [5.74, 6) is -5.93. The molecule has 16 heteroatoms. The van der Waals surface area contributed by atoms with Crippen LogP contribution < -0.4 is 10.5 Å². The number of phenolic OH excluding ortho intramolecular Hbond substituents is 2. The first-order valence-electron chi connectivity index (χ1n) is 14.5.